The number of aromatic nitrogens is 3. The third kappa shape index (κ3) is 2.05. The van der Waals surface area contributed by atoms with Crippen LogP contribution in [0.25, 0.3) is 0 Å². The van der Waals surface area contributed by atoms with Gasteiger partial charge in [-0.15, -0.1) is 10.2 Å². The third-order valence-corrected chi connectivity index (χ3v) is 3.87. The highest BCUT2D eigenvalue weighted by Gasteiger charge is 2.20. The van der Waals surface area contributed by atoms with Gasteiger partial charge < -0.3 is 4.57 Å². The Balaban J connectivity index is 1.90. The van der Waals surface area contributed by atoms with E-state index in [0.29, 0.717) is 0 Å². The van der Waals surface area contributed by atoms with Crippen LogP contribution in [0.15, 0.2) is 24.3 Å². The monoisotopic (exact) mass is 241 g/mol. The number of fused-ring (bicyclic) bond motifs is 1. The van der Waals surface area contributed by atoms with E-state index in [0.717, 1.165) is 37.0 Å². The first-order valence-electron chi connectivity index (χ1n) is 6.69. The van der Waals surface area contributed by atoms with Crippen LogP contribution in [0.3, 0.4) is 0 Å². The van der Waals surface area contributed by atoms with Gasteiger partial charge in [0.15, 0.2) is 0 Å². The van der Waals surface area contributed by atoms with Gasteiger partial charge in [-0.05, 0) is 30.4 Å². The van der Waals surface area contributed by atoms with Crippen LogP contribution in [-0.2, 0) is 19.4 Å². The lowest BCUT2D eigenvalue weighted by atomic mass is 10.0. The van der Waals surface area contributed by atoms with Crippen LogP contribution < -0.4 is 0 Å². The number of rotatable bonds is 2. The van der Waals surface area contributed by atoms with Gasteiger partial charge in [-0.25, -0.2) is 0 Å². The predicted octanol–water partition coefficient (Wildman–Crippen LogP) is 2.76. The molecule has 0 fully saturated rings. The second-order valence-electron chi connectivity index (χ2n) is 5.39. The second kappa shape index (κ2) is 4.56. The summed E-state index contributed by atoms with van der Waals surface area (Å²) in [5.41, 5.74) is 2.68. The number of hydrogen-bond donors (Lipinski definition) is 0. The number of nitrogens with zero attached hydrogens (tertiary/aromatic N) is 3. The molecule has 3 heteroatoms. The summed E-state index contributed by atoms with van der Waals surface area (Å²) in [6, 6.07) is 8.52. The average Bonchev–Trinajstić information content (AvgIpc) is 2.75. The molecule has 94 valence electrons. The molecule has 1 aliphatic heterocycles. The van der Waals surface area contributed by atoms with Gasteiger partial charge in [0.2, 0.25) is 0 Å². The molecule has 1 aliphatic rings. The number of benzene rings is 1. The summed E-state index contributed by atoms with van der Waals surface area (Å²) < 4.78 is 2.32. The predicted molar refractivity (Wildman–Crippen MR) is 71.5 cm³/mol. The minimum Gasteiger partial charge on any atom is -0.314 e. The Morgan fingerprint density at radius 1 is 1.28 bits per heavy atom. The Morgan fingerprint density at radius 2 is 2.11 bits per heavy atom. The van der Waals surface area contributed by atoms with Gasteiger partial charge in [0, 0.05) is 19.4 Å². The third-order valence-electron chi connectivity index (χ3n) is 3.87. The molecule has 3 rings (SSSR count). The van der Waals surface area contributed by atoms with Gasteiger partial charge >= 0.3 is 0 Å². The lowest BCUT2D eigenvalue weighted by Gasteiger charge is -2.21. The maximum absolute atomic E-state index is 4.38. The smallest absolute Gasteiger partial charge is 0.137 e. The van der Waals surface area contributed by atoms with Crippen LogP contribution in [-0.4, -0.2) is 14.8 Å². The van der Waals surface area contributed by atoms with E-state index < -0.39 is 0 Å². The zero-order valence-electron chi connectivity index (χ0n) is 11.1. The van der Waals surface area contributed by atoms with E-state index in [1.165, 1.54) is 17.5 Å². The van der Waals surface area contributed by atoms with Crippen LogP contribution in [0.4, 0.5) is 0 Å². The summed E-state index contributed by atoms with van der Waals surface area (Å²) in [4.78, 5) is 0. The van der Waals surface area contributed by atoms with Crippen molar-refractivity contribution in [3.05, 3.63) is 47.0 Å². The molecule has 1 unspecified atom stereocenters. The van der Waals surface area contributed by atoms with Crippen molar-refractivity contribution in [2.24, 2.45) is 5.92 Å². The number of hydrogen-bond acceptors (Lipinski definition) is 2. The summed E-state index contributed by atoms with van der Waals surface area (Å²) in [5.74, 6) is 3.02. The Kier molecular flexibility index (Phi) is 2.90. The van der Waals surface area contributed by atoms with Gasteiger partial charge in [-0.3, -0.25) is 0 Å². The first-order chi connectivity index (χ1) is 8.74. The Bertz CT molecular complexity index is 557. The minimum absolute atomic E-state index is 0.740. The van der Waals surface area contributed by atoms with Gasteiger partial charge in [0.05, 0.1) is 0 Å². The molecule has 0 saturated heterocycles. The maximum atomic E-state index is 4.38. The van der Waals surface area contributed by atoms with Crippen LogP contribution in [0, 0.1) is 12.8 Å². The summed E-state index contributed by atoms with van der Waals surface area (Å²) in [7, 11) is 0. The highest BCUT2D eigenvalue weighted by molar-refractivity contribution is 5.28. The van der Waals surface area contributed by atoms with E-state index in [1.807, 2.05) is 0 Å². The fourth-order valence-corrected chi connectivity index (χ4v) is 2.66. The van der Waals surface area contributed by atoms with Crippen molar-refractivity contribution >= 4 is 0 Å². The van der Waals surface area contributed by atoms with Crippen molar-refractivity contribution in [2.45, 2.75) is 39.7 Å². The molecule has 0 N–H and O–H groups in total. The van der Waals surface area contributed by atoms with Crippen LogP contribution in [0.5, 0.6) is 0 Å². The highest BCUT2D eigenvalue weighted by atomic mass is 15.3. The Morgan fingerprint density at radius 3 is 2.94 bits per heavy atom. The zero-order valence-corrected chi connectivity index (χ0v) is 11.1. The standard InChI is InChI=1S/C15H19N3/c1-11-7-8-14-16-17-15(18(14)10-11)9-13-6-4-3-5-12(13)2/h3-6,11H,7-10H2,1-2H3. The van der Waals surface area contributed by atoms with Crippen molar-refractivity contribution in [1.29, 1.82) is 0 Å². The van der Waals surface area contributed by atoms with Gasteiger partial charge in [0.1, 0.15) is 11.6 Å². The average molecular weight is 241 g/mol. The molecule has 0 amide bonds. The van der Waals surface area contributed by atoms with Crippen molar-refractivity contribution in [2.75, 3.05) is 0 Å². The van der Waals surface area contributed by atoms with Gasteiger partial charge in [-0.2, -0.15) is 0 Å². The Hall–Kier alpha value is -1.64. The van der Waals surface area contributed by atoms with Crippen molar-refractivity contribution < 1.29 is 0 Å². The summed E-state index contributed by atoms with van der Waals surface area (Å²) in [5, 5.41) is 8.71. The molecular formula is C15H19N3. The SMILES string of the molecule is Cc1ccccc1Cc1nnc2n1CC(C)CC2. The minimum atomic E-state index is 0.740. The molecule has 0 saturated carbocycles. The first-order valence-corrected chi connectivity index (χ1v) is 6.69. The molecule has 3 nitrogen and oxygen atoms in total. The second-order valence-corrected chi connectivity index (χ2v) is 5.39. The lowest BCUT2D eigenvalue weighted by Crippen LogP contribution is -2.20. The molecule has 2 heterocycles. The summed E-state index contributed by atoms with van der Waals surface area (Å²) in [6.45, 7) is 5.54. The molecule has 2 aromatic rings. The van der Waals surface area contributed by atoms with Crippen molar-refractivity contribution in [1.82, 2.24) is 14.8 Å². The van der Waals surface area contributed by atoms with Crippen LogP contribution >= 0.6 is 0 Å². The Labute approximate surface area is 108 Å². The molecule has 0 spiro atoms. The molecule has 0 aliphatic carbocycles. The molecule has 0 radical (unpaired) electrons. The molecule has 1 atom stereocenters. The van der Waals surface area contributed by atoms with Gasteiger partial charge in [-0.1, -0.05) is 31.2 Å². The van der Waals surface area contributed by atoms with Crippen molar-refractivity contribution in [3.8, 4) is 0 Å². The van der Waals surface area contributed by atoms with E-state index in [-0.39, 0.29) is 0 Å². The number of aryl methyl sites for hydroxylation is 2. The maximum Gasteiger partial charge on any atom is 0.137 e. The molecule has 1 aromatic carbocycles. The fraction of sp³-hybridized carbons (Fsp3) is 0.467. The topological polar surface area (TPSA) is 30.7 Å². The quantitative estimate of drug-likeness (QED) is 0.809. The fourth-order valence-electron chi connectivity index (χ4n) is 2.66. The molecule has 1 aromatic heterocycles. The lowest BCUT2D eigenvalue weighted by molar-refractivity contribution is 0.387. The van der Waals surface area contributed by atoms with E-state index in [1.54, 1.807) is 0 Å². The van der Waals surface area contributed by atoms with Crippen LogP contribution in [0.2, 0.25) is 0 Å². The van der Waals surface area contributed by atoms with E-state index in [2.05, 4.69) is 52.9 Å². The summed E-state index contributed by atoms with van der Waals surface area (Å²) >= 11 is 0. The zero-order chi connectivity index (χ0) is 12.5. The van der Waals surface area contributed by atoms with Gasteiger partial charge in [0.25, 0.3) is 0 Å². The normalized spacial score (nSPS) is 18.7. The first kappa shape index (κ1) is 11.5. The van der Waals surface area contributed by atoms with Crippen LogP contribution in [0.1, 0.15) is 36.1 Å². The van der Waals surface area contributed by atoms with E-state index >= 15 is 0 Å². The summed E-state index contributed by atoms with van der Waals surface area (Å²) in [6.07, 6.45) is 3.21. The van der Waals surface area contributed by atoms with E-state index in [9.17, 15) is 0 Å². The highest BCUT2D eigenvalue weighted by Crippen LogP contribution is 2.21. The van der Waals surface area contributed by atoms with E-state index in [4.69, 9.17) is 0 Å². The largest absolute Gasteiger partial charge is 0.314 e. The molecule has 18 heavy (non-hydrogen) atoms. The molecular weight excluding hydrogens is 222 g/mol. The molecule has 0 bridgehead atoms. The van der Waals surface area contributed by atoms with Crippen molar-refractivity contribution in [3.63, 3.8) is 0 Å².